The maximum atomic E-state index is 14.6. The first kappa shape index (κ1) is 34.9. The topological polar surface area (TPSA) is 115 Å². The predicted octanol–water partition coefficient (Wildman–Crippen LogP) is 7.05. The van der Waals surface area contributed by atoms with Crippen LogP contribution in [0.3, 0.4) is 0 Å². The Labute approximate surface area is 309 Å². The summed E-state index contributed by atoms with van der Waals surface area (Å²) >= 11 is 6.46. The van der Waals surface area contributed by atoms with E-state index in [1.54, 1.807) is 48.4 Å². The summed E-state index contributed by atoms with van der Waals surface area (Å²) in [5.41, 5.74) is 4.45. The fourth-order valence-corrected chi connectivity index (χ4v) is 10.7. The minimum atomic E-state index is -3.55. The first-order valence-electron chi connectivity index (χ1n) is 18.2. The molecule has 1 spiro atoms. The second-order valence-corrected chi connectivity index (χ2v) is 17.5. The summed E-state index contributed by atoms with van der Waals surface area (Å²) in [6.07, 6.45) is 14.7. The Balaban J connectivity index is 1.19. The molecular weight excluding hydrogens is 698 g/mol. The number of hydrogen-bond acceptors (Lipinski definition) is 7. The van der Waals surface area contributed by atoms with Gasteiger partial charge in [-0.25, -0.2) is 9.19 Å². The van der Waals surface area contributed by atoms with E-state index in [1.807, 2.05) is 25.1 Å². The van der Waals surface area contributed by atoms with Crippen LogP contribution >= 0.6 is 11.6 Å². The maximum Gasteiger partial charge on any atom is 0.286 e. The number of rotatable bonds is 3. The number of aromatic nitrogens is 2. The molecule has 2 amide bonds. The Morgan fingerprint density at radius 2 is 2.04 bits per heavy atom. The van der Waals surface area contributed by atoms with Gasteiger partial charge in [0.25, 0.3) is 11.8 Å². The lowest BCUT2D eigenvalue weighted by atomic mass is 9.68. The van der Waals surface area contributed by atoms with E-state index in [9.17, 15) is 13.8 Å². The number of nitrogens with zero attached hydrogens (tertiary/aromatic N) is 4. The van der Waals surface area contributed by atoms with Crippen LogP contribution in [0.1, 0.15) is 70.9 Å². The smallest absolute Gasteiger partial charge is 0.286 e. The summed E-state index contributed by atoms with van der Waals surface area (Å²) in [7, 11) is -1.78. The zero-order valence-electron chi connectivity index (χ0n) is 29.5. The fraction of sp³-hybridized carbons (Fsp3) is 0.425. The van der Waals surface area contributed by atoms with Crippen LogP contribution in [0.15, 0.2) is 83.8 Å². The van der Waals surface area contributed by atoms with Gasteiger partial charge in [-0.05, 0) is 110 Å². The Morgan fingerprint density at radius 3 is 2.85 bits per heavy atom. The number of anilines is 1. The van der Waals surface area contributed by atoms with Gasteiger partial charge in [-0.3, -0.25) is 14.3 Å². The molecule has 272 valence electrons. The molecule has 8 rings (SSSR count). The number of allylic oxidation sites excluding steroid dienone is 1. The van der Waals surface area contributed by atoms with Crippen molar-refractivity contribution in [3.8, 4) is 5.75 Å². The van der Waals surface area contributed by atoms with Gasteiger partial charge in [0, 0.05) is 54.1 Å². The molecule has 2 bridgehead atoms. The van der Waals surface area contributed by atoms with Crippen LogP contribution in [-0.2, 0) is 26.5 Å². The van der Waals surface area contributed by atoms with Gasteiger partial charge in [-0.15, -0.1) is 4.36 Å². The van der Waals surface area contributed by atoms with Crippen LogP contribution in [0.5, 0.6) is 5.75 Å². The van der Waals surface area contributed by atoms with Crippen LogP contribution < -0.4 is 14.4 Å². The number of nitrogens with one attached hydrogen (secondary N) is 1. The molecule has 6 atom stereocenters. The first-order chi connectivity index (χ1) is 25.1. The largest absolute Gasteiger partial charge is 0.490 e. The quantitative estimate of drug-likeness (QED) is 0.224. The second-order valence-electron chi connectivity index (χ2n) is 15.0. The van der Waals surface area contributed by atoms with Crippen molar-refractivity contribution in [2.75, 3.05) is 37.5 Å². The average molecular weight is 742 g/mol. The summed E-state index contributed by atoms with van der Waals surface area (Å²) in [4.78, 5) is 34.1. The van der Waals surface area contributed by atoms with Crippen molar-refractivity contribution in [2.24, 2.45) is 22.1 Å². The van der Waals surface area contributed by atoms with E-state index in [4.69, 9.17) is 21.1 Å². The van der Waals surface area contributed by atoms with E-state index in [0.717, 1.165) is 54.9 Å². The minimum Gasteiger partial charge on any atom is -0.490 e. The third-order valence-electron chi connectivity index (χ3n) is 11.4. The molecule has 1 unspecified atom stereocenters. The summed E-state index contributed by atoms with van der Waals surface area (Å²) in [6, 6.07) is 15.1. The maximum absolute atomic E-state index is 14.6. The van der Waals surface area contributed by atoms with E-state index in [0.29, 0.717) is 48.3 Å². The lowest BCUT2D eigenvalue weighted by molar-refractivity contribution is 0.0131. The number of carbonyl (C=O) groups excluding carboxylic acids is 2. The molecule has 12 heteroatoms. The van der Waals surface area contributed by atoms with Crippen molar-refractivity contribution in [1.82, 2.24) is 14.1 Å². The highest BCUT2D eigenvalue weighted by molar-refractivity contribution is 7.92. The number of aryl methyl sites for hydroxylation is 1. The molecule has 2 aliphatic heterocycles. The van der Waals surface area contributed by atoms with Gasteiger partial charge >= 0.3 is 0 Å². The van der Waals surface area contributed by atoms with Gasteiger partial charge in [0.1, 0.15) is 15.7 Å². The minimum absolute atomic E-state index is 0.000425. The molecule has 0 saturated heterocycles. The van der Waals surface area contributed by atoms with E-state index in [2.05, 4.69) is 43.3 Å². The van der Waals surface area contributed by atoms with Crippen molar-refractivity contribution >= 4 is 44.5 Å². The van der Waals surface area contributed by atoms with Gasteiger partial charge in [-0.2, -0.15) is 0 Å². The Hall–Kier alpha value is -4.19. The standard InChI is InChI=1S/C40H44ClN5O5S/c1-26-5-3-7-36(50-2)33-11-8-29(33)20-45-23-40(15-4-6-27-17-31(41)10-12-34(27)40)24-51-37-13-9-28(19-35(37)45)38(47)43-52(49,22-26)44-39(48)30-18-32-14-16-42-25-46(32)21-30/h3,7,9-10,12-14,16-19,21,25-26,29,33,36H,4-6,8,11,15,20,22-24H2,1-2H3,(H,43,44,47,48,49)/b7-3-/t26-,29-,33+,36-,40-,52?/m0/s1. The van der Waals surface area contributed by atoms with Crippen LogP contribution in [0.2, 0.25) is 5.02 Å². The summed E-state index contributed by atoms with van der Waals surface area (Å²) in [6.45, 7) is 3.95. The summed E-state index contributed by atoms with van der Waals surface area (Å²) < 4.78 is 36.0. The second kappa shape index (κ2) is 14.0. The molecule has 2 aliphatic carbocycles. The van der Waals surface area contributed by atoms with Crippen molar-refractivity contribution < 1.29 is 23.3 Å². The number of fused-ring (bicyclic) bond motifs is 5. The predicted molar refractivity (Wildman–Crippen MR) is 203 cm³/mol. The lowest BCUT2D eigenvalue weighted by Crippen LogP contribution is -2.49. The monoisotopic (exact) mass is 741 g/mol. The highest BCUT2D eigenvalue weighted by atomic mass is 35.5. The van der Waals surface area contributed by atoms with Gasteiger partial charge in [0.05, 0.1) is 36.0 Å². The molecule has 1 saturated carbocycles. The molecule has 4 aliphatic rings. The van der Waals surface area contributed by atoms with Crippen molar-refractivity contribution in [3.63, 3.8) is 0 Å². The Morgan fingerprint density at radius 1 is 1.15 bits per heavy atom. The van der Waals surface area contributed by atoms with E-state index in [-0.39, 0.29) is 23.2 Å². The number of benzene rings is 2. The summed E-state index contributed by atoms with van der Waals surface area (Å²) in [5.74, 6) is 0.0522. The first-order valence-corrected chi connectivity index (χ1v) is 20.2. The average Bonchev–Trinajstić information content (AvgIpc) is 3.49. The molecule has 10 nitrogen and oxygen atoms in total. The number of hydrogen-bond donors (Lipinski definition) is 1. The van der Waals surface area contributed by atoms with Gasteiger partial charge in [0.2, 0.25) is 0 Å². The molecule has 52 heavy (non-hydrogen) atoms. The van der Waals surface area contributed by atoms with Crippen LogP contribution in [0.25, 0.3) is 5.52 Å². The Kier molecular flexibility index (Phi) is 9.38. The number of halogens is 1. The van der Waals surface area contributed by atoms with Crippen molar-refractivity contribution in [2.45, 2.75) is 57.0 Å². The summed E-state index contributed by atoms with van der Waals surface area (Å²) in [5, 5.41) is 0.739. The van der Waals surface area contributed by atoms with Crippen LogP contribution in [-0.4, -0.2) is 64.1 Å². The van der Waals surface area contributed by atoms with Crippen LogP contribution in [0.4, 0.5) is 5.69 Å². The third-order valence-corrected chi connectivity index (χ3v) is 13.7. The highest BCUT2D eigenvalue weighted by Gasteiger charge is 2.44. The molecule has 0 radical (unpaired) electrons. The van der Waals surface area contributed by atoms with Gasteiger partial charge in [-0.1, -0.05) is 36.7 Å². The normalized spacial score (nSPS) is 29.5. The third kappa shape index (κ3) is 6.74. The fourth-order valence-electron chi connectivity index (χ4n) is 8.65. The number of carbonyl (C=O) groups is 2. The molecular formula is C40H44ClN5O5S. The molecule has 1 N–H and O–H groups in total. The number of amides is 2. The van der Waals surface area contributed by atoms with E-state index in [1.165, 1.54) is 11.1 Å². The molecule has 2 aromatic carbocycles. The zero-order chi connectivity index (χ0) is 36.0. The number of methoxy groups -OCH3 is 1. The van der Waals surface area contributed by atoms with Gasteiger partial charge < -0.3 is 18.8 Å². The lowest BCUT2D eigenvalue weighted by Gasteiger charge is -2.46. The van der Waals surface area contributed by atoms with Crippen molar-refractivity contribution in [3.05, 3.63) is 107 Å². The van der Waals surface area contributed by atoms with Gasteiger partial charge in [0.15, 0.2) is 0 Å². The molecule has 1 fully saturated rings. The van der Waals surface area contributed by atoms with Crippen LogP contribution in [0, 0.1) is 17.8 Å². The zero-order valence-corrected chi connectivity index (χ0v) is 31.1. The molecule has 2 aromatic heterocycles. The molecule has 4 aromatic rings. The highest BCUT2D eigenvalue weighted by Crippen LogP contribution is 2.47. The van der Waals surface area contributed by atoms with Crippen molar-refractivity contribution in [1.29, 1.82) is 0 Å². The van der Waals surface area contributed by atoms with E-state index >= 15 is 0 Å². The number of ether oxygens (including phenoxy) is 2. The Bertz CT molecular complexity index is 2160. The molecule has 4 heterocycles. The van der Waals surface area contributed by atoms with E-state index < -0.39 is 21.7 Å². The SMILES string of the molecule is CO[C@H]1/C=C\C[C@H](C)CS(=O)(NC(=O)c2cc3ccncn3c2)=NC(=O)c2ccc3c(c2)N(C[C@@H]2CC[C@H]21)C[C@@]1(CCCc2cc(Cl)ccc21)CO3.